The van der Waals surface area contributed by atoms with Gasteiger partial charge in [0.1, 0.15) is 5.75 Å². The van der Waals surface area contributed by atoms with Crippen molar-refractivity contribution in [3.05, 3.63) is 53.1 Å². The van der Waals surface area contributed by atoms with Gasteiger partial charge in [-0.2, -0.15) is 0 Å². The maximum absolute atomic E-state index is 13.9. The SMILES string of the molecule is COC(=O)C[C@]12CC[C@H]3[C@@H](CC=C4C=C(C(=O)O)CC[C@@]43C)[C@@H]1CC[C@@H]2C(=O)c1ccc(OC)cc1. The summed E-state index contributed by atoms with van der Waals surface area (Å²) in [5, 5.41) is 9.54. The Balaban J connectivity index is 1.49. The van der Waals surface area contributed by atoms with Crippen molar-refractivity contribution in [3.63, 3.8) is 0 Å². The fourth-order valence-electron chi connectivity index (χ4n) is 8.34. The number of carbonyl (C=O) groups excluding carboxylic acids is 2. The Morgan fingerprint density at radius 1 is 1.03 bits per heavy atom. The number of rotatable bonds is 6. The summed E-state index contributed by atoms with van der Waals surface area (Å²) in [6.07, 6.45) is 10.2. The monoisotopic (exact) mass is 492 g/mol. The highest BCUT2D eigenvalue weighted by Gasteiger charge is 2.62. The normalized spacial score (nSPS) is 34.9. The topological polar surface area (TPSA) is 89.9 Å². The second kappa shape index (κ2) is 9.20. The second-order valence-electron chi connectivity index (χ2n) is 11.4. The number of carboxylic acid groups (broad SMARTS) is 1. The molecule has 1 aromatic rings. The first kappa shape index (κ1) is 24.8. The molecule has 192 valence electrons. The van der Waals surface area contributed by atoms with Crippen LogP contribution in [0.2, 0.25) is 0 Å². The van der Waals surface area contributed by atoms with Crippen molar-refractivity contribution >= 4 is 17.7 Å². The van der Waals surface area contributed by atoms with Crippen LogP contribution in [0.15, 0.2) is 47.6 Å². The van der Waals surface area contributed by atoms with Gasteiger partial charge in [0.05, 0.1) is 20.6 Å². The number of ketones is 1. The Hall–Kier alpha value is -2.89. The molecule has 6 atom stereocenters. The predicted octanol–water partition coefficient (Wildman–Crippen LogP) is 5.62. The molecule has 2 saturated carbocycles. The number of Topliss-reactive ketones (excluding diaryl/α,β-unsaturated/α-hetero) is 1. The van der Waals surface area contributed by atoms with Crippen LogP contribution in [0.5, 0.6) is 5.75 Å². The van der Waals surface area contributed by atoms with Gasteiger partial charge in [-0.3, -0.25) is 9.59 Å². The highest BCUT2D eigenvalue weighted by molar-refractivity contribution is 5.99. The van der Waals surface area contributed by atoms with Gasteiger partial charge in [-0.15, -0.1) is 0 Å². The Bertz CT molecular complexity index is 1130. The van der Waals surface area contributed by atoms with Crippen molar-refractivity contribution in [3.8, 4) is 5.75 Å². The summed E-state index contributed by atoms with van der Waals surface area (Å²) < 4.78 is 10.4. The van der Waals surface area contributed by atoms with E-state index in [1.807, 2.05) is 30.3 Å². The van der Waals surface area contributed by atoms with E-state index in [-0.39, 0.29) is 35.4 Å². The zero-order chi connectivity index (χ0) is 25.7. The molecule has 0 aromatic heterocycles. The minimum absolute atomic E-state index is 0.0582. The molecule has 0 spiro atoms. The Morgan fingerprint density at radius 2 is 1.78 bits per heavy atom. The number of esters is 1. The van der Waals surface area contributed by atoms with Crippen LogP contribution >= 0.6 is 0 Å². The molecule has 0 heterocycles. The number of hydrogen-bond donors (Lipinski definition) is 1. The van der Waals surface area contributed by atoms with Crippen molar-refractivity contribution in [2.45, 2.75) is 58.3 Å². The van der Waals surface area contributed by atoms with E-state index in [4.69, 9.17) is 9.47 Å². The maximum Gasteiger partial charge on any atom is 0.331 e. The molecular weight excluding hydrogens is 456 g/mol. The summed E-state index contributed by atoms with van der Waals surface area (Å²) in [6.45, 7) is 2.30. The average Bonchev–Trinajstić information content (AvgIpc) is 3.26. The quantitative estimate of drug-likeness (QED) is 0.409. The predicted molar refractivity (Wildman–Crippen MR) is 135 cm³/mol. The van der Waals surface area contributed by atoms with E-state index >= 15 is 0 Å². The first-order chi connectivity index (χ1) is 17.2. The average molecular weight is 493 g/mol. The third-order valence-corrected chi connectivity index (χ3v) is 10.2. The number of aliphatic carboxylic acids is 1. The van der Waals surface area contributed by atoms with Gasteiger partial charge in [-0.1, -0.05) is 13.0 Å². The van der Waals surface area contributed by atoms with Crippen LogP contribution in [0.4, 0.5) is 0 Å². The molecule has 6 nitrogen and oxygen atoms in total. The molecule has 4 aliphatic rings. The van der Waals surface area contributed by atoms with Gasteiger partial charge < -0.3 is 14.6 Å². The highest BCUT2D eigenvalue weighted by atomic mass is 16.5. The van der Waals surface area contributed by atoms with Crippen LogP contribution in [-0.4, -0.2) is 37.0 Å². The van der Waals surface area contributed by atoms with Crippen LogP contribution < -0.4 is 4.74 Å². The van der Waals surface area contributed by atoms with Crippen molar-refractivity contribution in [2.75, 3.05) is 14.2 Å². The lowest BCUT2D eigenvalue weighted by Crippen LogP contribution is -2.51. The molecule has 36 heavy (non-hydrogen) atoms. The molecule has 1 aromatic carbocycles. The smallest absolute Gasteiger partial charge is 0.331 e. The van der Waals surface area contributed by atoms with Crippen LogP contribution in [-0.2, 0) is 14.3 Å². The largest absolute Gasteiger partial charge is 0.497 e. The van der Waals surface area contributed by atoms with E-state index < -0.39 is 11.4 Å². The third kappa shape index (κ3) is 3.80. The van der Waals surface area contributed by atoms with Crippen LogP contribution in [0.3, 0.4) is 0 Å². The lowest BCUT2D eigenvalue weighted by molar-refractivity contribution is -0.147. The molecule has 0 aliphatic heterocycles. The zero-order valence-electron chi connectivity index (χ0n) is 21.4. The fourth-order valence-corrected chi connectivity index (χ4v) is 8.34. The first-order valence-corrected chi connectivity index (χ1v) is 13.1. The molecule has 0 saturated heterocycles. The Kier molecular flexibility index (Phi) is 6.34. The van der Waals surface area contributed by atoms with Crippen LogP contribution in [0.1, 0.15) is 68.6 Å². The highest BCUT2D eigenvalue weighted by Crippen LogP contribution is 2.67. The number of allylic oxidation sites excluding steroid dienone is 3. The second-order valence-corrected chi connectivity index (χ2v) is 11.4. The van der Waals surface area contributed by atoms with E-state index in [1.54, 1.807) is 7.11 Å². The summed E-state index contributed by atoms with van der Waals surface area (Å²) in [6, 6.07) is 7.30. The molecule has 0 amide bonds. The van der Waals surface area contributed by atoms with E-state index in [9.17, 15) is 19.5 Å². The Morgan fingerprint density at radius 3 is 2.44 bits per heavy atom. The summed E-state index contributed by atoms with van der Waals surface area (Å²) in [4.78, 5) is 38.2. The number of fused-ring (bicyclic) bond motifs is 5. The molecule has 0 bridgehead atoms. The molecule has 0 unspecified atom stereocenters. The van der Waals surface area contributed by atoms with E-state index in [1.165, 1.54) is 7.11 Å². The number of carboxylic acids is 1. The van der Waals surface area contributed by atoms with Gasteiger partial charge in [-0.25, -0.2) is 4.79 Å². The maximum atomic E-state index is 13.9. The first-order valence-electron chi connectivity index (χ1n) is 13.1. The third-order valence-electron chi connectivity index (χ3n) is 10.2. The Labute approximate surface area is 212 Å². The minimum atomic E-state index is -0.823. The minimum Gasteiger partial charge on any atom is -0.497 e. The summed E-state index contributed by atoms with van der Waals surface area (Å²) in [5.41, 5.74) is 1.88. The van der Waals surface area contributed by atoms with Gasteiger partial charge in [0.15, 0.2) is 5.78 Å². The van der Waals surface area contributed by atoms with Gasteiger partial charge >= 0.3 is 11.9 Å². The molecule has 0 radical (unpaired) electrons. The molecule has 6 heteroatoms. The standard InChI is InChI=1S/C30H36O6/c1-29-14-12-19(28(33)34)16-20(29)6-9-22-23(29)13-15-30(17-26(31)36-3)24(22)10-11-25(30)27(32)18-4-7-21(35-2)8-5-18/h4-8,16,22-25H,9-15,17H2,1-3H3,(H,33,34)/t22-,23+,24+,25-,29+,30-/m1/s1. The molecule has 4 aliphatic carbocycles. The summed E-state index contributed by atoms with van der Waals surface area (Å²) in [7, 11) is 3.04. The van der Waals surface area contributed by atoms with Gasteiger partial charge in [0.2, 0.25) is 0 Å². The van der Waals surface area contributed by atoms with Crippen molar-refractivity contribution in [1.29, 1.82) is 0 Å². The van der Waals surface area contributed by atoms with E-state index in [0.717, 1.165) is 44.1 Å². The number of hydrogen-bond acceptors (Lipinski definition) is 5. The van der Waals surface area contributed by atoms with E-state index in [2.05, 4.69) is 13.0 Å². The molecule has 5 rings (SSSR count). The molecular formula is C30H36O6. The van der Waals surface area contributed by atoms with Gasteiger partial charge in [-0.05, 0) is 109 Å². The number of methoxy groups -OCH3 is 2. The van der Waals surface area contributed by atoms with Gasteiger partial charge in [0.25, 0.3) is 0 Å². The summed E-state index contributed by atoms with van der Waals surface area (Å²) >= 11 is 0. The van der Waals surface area contributed by atoms with Crippen LogP contribution in [0, 0.1) is 34.5 Å². The summed E-state index contributed by atoms with van der Waals surface area (Å²) in [5.74, 6) is 0.634. The number of carbonyl (C=O) groups is 3. The van der Waals surface area contributed by atoms with Crippen molar-refractivity contribution in [1.82, 2.24) is 0 Å². The van der Waals surface area contributed by atoms with E-state index in [0.29, 0.717) is 35.1 Å². The fraction of sp³-hybridized carbons (Fsp3) is 0.567. The van der Waals surface area contributed by atoms with Crippen molar-refractivity contribution < 1.29 is 29.0 Å². The van der Waals surface area contributed by atoms with Crippen molar-refractivity contribution in [2.24, 2.45) is 34.5 Å². The zero-order valence-corrected chi connectivity index (χ0v) is 21.4. The number of ether oxygens (including phenoxy) is 2. The lowest BCUT2D eigenvalue weighted by atomic mass is 9.46. The number of benzene rings is 1. The molecule has 1 N–H and O–H groups in total. The molecule has 2 fully saturated rings. The lowest BCUT2D eigenvalue weighted by Gasteiger charge is -2.57. The van der Waals surface area contributed by atoms with Gasteiger partial charge in [0, 0.05) is 17.1 Å². The van der Waals surface area contributed by atoms with Crippen LogP contribution in [0.25, 0.3) is 0 Å².